The number of nitrogen functional groups attached to an aromatic ring is 1. The highest BCUT2D eigenvalue weighted by atomic mass is 19.4. The van der Waals surface area contributed by atoms with Gasteiger partial charge in [-0.3, -0.25) is 14.9 Å². The van der Waals surface area contributed by atoms with E-state index in [2.05, 4.69) is 43.9 Å². The van der Waals surface area contributed by atoms with Gasteiger partial charge in [-0.2, -0.15) is 23.3 Å². The summed E-state index contributed by atoms with van der Waals surface area (Å²) in [6.07, 6.45) is -1.35. The molecule has 1 saturated heterocycles. The second kappa shape index (κ2) is 8.42. The van der Waals surface area contributed by atoms with Crippen LogP contribution in [0.2, 0.25) is 0 Å². The molecule has 2 aliphatic rings. The summed E-state index contributed by atoms with van der Waals surface area (Å²) < 4.78 is 39.7. The van der Waals surface area contributed by atoms with Gasteiger partial charge in [-0.05, 0) is 41.9 Å². The van der Waals surface area contributed by atoms with Gasteiger partial charge >= 0.3 is 6.18 Å². The molecule has 6 rings (SSSR count). The second-order valence-corrected chi connectivity index (χ2v) is 10.0. The maximum absolute atomic E-state index is 13.2. The Labute approximate surface area is 214 Å². The number of hydrogen-bond donors (Lipinski definition) is 4. The zero-order valence-electron chi connectivity index (χ0n) is 20.3. The molecule has 6 N–H and O–H groups in total. The summed E-state index contributed by atoms with van der Waals surface area (Å²) in [7, 11) is 0. The average Bonchev–Trinajstić information content (AvgIpc) is 3.43. The second-order valence-electron chi connectivity index (χ2n) is 10.0. The molecule has 1 aromatic carbocycles. The van der Waals surface area contributed by atoms with Crippen LogP contribution in [0, 0.1) is 5.41 Å². The quantitative estimate of drug-likeness (QED) is 0.322. The minimum absolute atomic E-state index is 0.0270. The van der Waals surface area contributed by atoms with E-state index in [0.29, 0.717) is 25.2 Å². The third-order valence-corrected chi connectivity index (χ3v) is 7.94. The van der Waals surface area contributed by atoms with E-state index >= 15 is 0 Å². The predicted molar refractivity (Wildman–Crippen MR) is 137 cm³/mol. The van der Waals surface area contributed by atoms with Gasteiger partial charge in [0.1, 0.15) is 11.2 Å². The summed E-state index contributed by atoms with van der Waals surface area (Å²) in [6, 6.07) is 9.10. The number of nitrogens with one attached hydrogen (secondary N) is 2. The number of H-pyrrole nitrogens is 2. The zero-order chi connectivity index (χ0) is 26.8. The molecule has 4 aromatic rings. The summed E-state index contributed by atoms with van der Waals surface area (Å²) in [5, 5.41) is 6.92. The van der Waals surface area contributed by atoms with Crippen molar-refractivity contribution < 1.29 is 13.2 Å². The molecule has 1 aliphatic heterocycles. The van der Waals surface area contributed by atoms with Crippen molar-refractivity contribution in [3.05, 3.63) is 81.4 Å². The number of rotatable bonds is 3. The highest BCUT2D eigenvalue weighted by Gasteiger charge is 2.46. The Morgan fingerprint density at radius 2 is 1.95 bits per heavy atom. The Hall–Kier alpha value is -4.19. The molecular formula is C26H25F3N8O. The van der Waals surface area contributed by atoms with Gasteiger partial charge in [-0.15, -0.1) is 0 Å². The number of fused-ring (bicyclic) bond motifs is 2. The number of benzene rings is 1. The van der Waals surface area contributed by atoms with Crippen LogP contribution in [0.25, 0.3) is 16.6 Å². The maximum atomic E-state index is 13.2. The highest BCUT2D eigenvalue weighted by Crippen LogP contribution is 2.50. The third-order valence-electron chi connectivity index (χ3n) is 7.94. The summed E-state index contributed by atoms with van der Waals surface area (Å²) >= 11 is 0. The Morgan fingerprint density at radius 3 is 2.66 bits per heavy atom. The van der Waals surface area contributed by atoms with E-state index in [0.717, 1.165) is 25.3 Å². The van der Waals surface area contributed by atoms with Crippen LogP contribution in [0.15, 0.2) is 47.9 Å². The number of aromatic amines is 2. The van der Waals surface area contributed by atoms with Gasteiger partial charge < -0.3 is 16.4 Å². The van der Waals surface area contributed by atoms with Crippen molar-refractivity contribution in [3.8, 4) is 0 Å². The number of anilines is 2. The first-order valence-electron chi connectivity index (χ1n) is 12.2. The molecule has 1 fully saturated rings. The van der Waals surface area contributed by atoms with E-state index in [1.54, 1.807) is 0 Å². The molecule has 0 saturated carbocycles. The standard InChI is InChI=1S/C26H25F3N8O/c1-13(17-10-15(26(27,28)29)12-32-21(17)31)19-18-22(36-35-19)33-24(34-23(18)38)37-8-6-25(7-9-37)11-14-4-2-3-5-16(14)20(25)30/h2-5,10,12,20H,1,6-9,11,30H2,(H2,31,32)(H2,33,34,35,36,38)/t20-/m1/s1. The van der Waals surface area contributed by atoms with E-state index in [1.165, 1.54) is 11.1 Å². The minimum Gasteiger partial charge on any atom is -0.383 e. The van der Waals surface area contributed by atoms with Crippen LogP contribution in [0.4, 0.5) is 24.9 Å². The average molecular weight is 523 g/mol. The Morgan fingerprint density at radius 1 is 1.21 bits per heavy atom. The minimum atomic E-state index is -4.61. The fourth-order valence-electron chi connectivity index (χ4n) is 5.76. The van der Waals surface area contributed by atoms with Crippen LogP contribution in [-0.4, -0.2) is 38.2 Å². The van der Waals surface area contributed by atoms with Gasteiger partial charge in [0.15, 0.2) is 5.65 Å². The number of aromatic nitrogens is 5. The zero-order valence-corrected chi connectivity index (χ0v) is 20.3. The number of pyridine rings is 1. The molecule has 12 heteroatoms. The fourth-order valence-corrected chi connectivity index (χ4v) is 5.76. The first-order chi connectivity index (χ1) is 18.1. The van der Waals surface area contributed by atoms with Gasteiger partial charge in [-0.25, -0.2) is 4.98 Å². The Balaban J connectivity index is 1.27. The van der Waals surface area contributed by atoms with Crippen LogP contribution in [0.5, 0.6) is 0 Å². The molecule has 9 nitrogen and oxygen atoms in total. The molecule has 1 atom stereocenters. The number of halogens is 3. The lowest BCUT2D eigenvalue weighted by molar-refractivity contribution is -0.137. The van der Waals surface area contributed by atoms with Gasteiger partial charge in [0.25, 0.3) is 5.56 Å². The lowest BCUT2D eigenvalue weighted by atomic mass is 9.73. The predicted octanol–water partition coefficient (Wildman–Crippen LogP) is 3.55. The Kier molecular flexibility index (Phi) is 5.35. The van der Waals surface area contributed by atoms with Crippen molar-refractivity contribution in [2.45, 2.75) is 31.5 Å². The van der Waals surface area contributed by atoms with E-state index in [-0.39, 0.29) is 45.1 Å². The molecule has 4 heterocycles. The smallest absolute Gasteiger partial charge is 0.383 e. The monoisotopic (exact) mass is 522 g/mol. The van der Waals surface area contributed by atoms with Crippen LogP contribution >= 0.6 is 0 Å². The summed E-state index contributed by atoms with van der Waals surface area (Å²) in [5.41, 5.74) is 13.8. The molecule has 38 heavy (non-hydrogen) atoms. The molecule has 1 aliphatic carbocycles. The summed E-state index contributed by atoms with van der Waals surface area (Å²) in [6.45, 7) is 5.18. The fraction of sp³-hybridized carbons (Fsp3) is 0.308. The summed E-state index contributed by atoms with van der Waals surface area (Å²) in [5.74, 6) is 0.228. The largest absolute Gasteiger partial charge is 0.417 e. The molecule has 0 unspecified atom stereocenters. The molecule has 196 valence electrons. The van der Waals surface area contributed by atoms with Gasteiger partial charge in [0, 0.05) is 36.5 Å². The van der Waals surface area contributed by atoms with Crippen LogP contribution in [0.3, 0.4) is 0 Å². The van der Waals surface area contributed by atoms with Crippen molar-refractivity contribution >= 4 is 28.4 Å². The van der Waals surface area contributed by atoms with E-state index < -0.39 is 17.3 Å². The lowest BCUT2D eigenvalue weighted by Gasteiger charge is -2.42. The van der Waals surface area contributed by atoms with Crippen LogP contribution in [-0.2, 0) is 12.6 Å². The highest BCUT2D eigenvalue weighted by molar-refractivity contribution is 5.94. The maximum Gasteiger partial charge on any atom is 0.417 e. The number of alkyl halides is 3. The molecule has 3 aromatic heterocycles. The van der Waals surface area contributed by atoms with Crippen molar-refractivity contribution in [1.82, 2.24) is 25.1 Å². The van der Waals surface area contributed by atoms with Crippen molar-refractivity contribution in [1.29, 1.82) is 0 Å². The molecular weight excluding hydrogens is 497 g/mol. The first-order valence-corrected chi connectivity index (χ1v) is 12.2. The van der Waals surface area contributed by atoms with Gasteiger partial charge in [-0.1, -0.05) is 30.8 Å². The van der Waals surface area contributed by atoms with Crippen molar-refractivity contribution in [2.24, 2.45) is 11.1 Å². The number of nitrogens with zero attached hydrogens (tertiary/aromatic N) is 4. The number of piperidine rings is 1. The Bertz CT molecular complexity index is 1630. The first kappa shape index (κ1) is 24.2. The SMILES string of the molecule is C=C(c1cc(C(F)(F)F)cnc1N)c1[nH]nc2nc(N3CCC4(CC3)Cc3ccccc3[C@H]4N)[nH]c(=O)c12. The van der Waals surface area contributed by atoms with Crippen LogP contribution in [0.1, 0.15) is 46.8 Å². The van der Waals surface area contributed by atoms with E-state index in [1.807, 2.05) is 17.0 Å². The topological polar surface area (TPSA) is 143 Å². The lowest BCUT2D eigenvalue weighted by Crippen LogP contribution is -2.45. The van der Waals surface area contributed by atoms with Crippen molar-refractivity contribution in [2.75, 3.05) is 23.7 Å². The van der Waals surface area contributed by atoms with Crippen molar-refractivity contribution in [3.63, 3.8) is 0 Å². The van der Waals surface area contributed by atoms with Crippen LogP contribution < -0.4 is 21.9 Å². The molecule has 0 radical (unpaired) electrons. The number of hydrogen-bond acceptors (Lipinski definition) is 7. The summed E-state index contributed by atoms with van der Waals surface area (Å²) in [4.78, 5) is 26.1. The normalized spacial score (nSPS) is 18.7. The van der Waals surface area contributed by atoms with E-state index in [9.17, 15) is 18.0 Å². The molecule has 1 spiro atoms. The number of nitrogens with two attached hydrogens (primary N) is 2. The van der Waals surface area contributed by atoms with Gasteiger partial charge in [0.2, 0.25) is 5.95 Å². The van der Waals surface area contributed by atoms with E-state index in [4.69, 9.17) is 11.5 Å². The molecule has 0 amide bonds. The third kappa shape index (κ3) is 3.74. The van der Waals surface area contributed by atoms with Gasteiger partial charge in [0.05, 0.1) is 11.3 Å². The molecule has 0 bridgehead atoms.